The van der Waals surface area contributed by atoms with Crippen LogP contribution < -0.4 is 4.74 Å². The Labute approximate surface area is 175 Å². The summed E-state index contributed by atoms with van der Waals surface area (Å²) in [5, 5.41) is 0. The van der Waals surface area contributed by atoms with Crippen LogP contribution in [0.4, 0.5) is 0 Å². The number of hydrogen-bond acceptors (Lipinski definition) is 3. The molecule has 1 unspecified atom stereocenters. The summed E-state index contributed by atoms with van der Waals surface area (Å²) in [6.45, 7) is 11.0. The molecular formula is C25H35N3O. The predicted octanol–water partition coefficient (Wildman–Crippen LogP) is 6.33. The van der Waals surface area contributed by atoms with E-state index in [-0.39, 0.29) is 6.23 Å². The van der Waals surface area contributed by atoms with Gasteiger partial charge in [0.1, 0.15) is 11.4 Å². The summed E-state index contributed by atoms with van der Waals surface area (Å²) in [4.78, 5) is 7.27. The number of pyridine rings is 1. The number of hydrogen-bond donors (Lipinski definition) is 0. The molecule has 0 fully saturated rings. The minimum atomic E-state index is 0.136. The molecule has 4 nitrogen and oxygen atoms in total. The van der Waals surface area contributed by atoms with Gasteiger partial charge in [0, 0.05) is 30.5 Å². The van der Waals surface area contributed by atoms with Crippen LogP contribution in [0.3, 0.4) is 0 Å². The van der Waals surface area contributed by atoms with Crippen molar-refractivity contribution >= 4 is 5.65 Å². The second kappa shape index (κ2) is 10.4. The van der Waals surface area contributed by atoms with Crippen LogP contribution in [0.2, 0.25) is 0 Å². The second-order valence-corrected chi connectivity index (χ2v) is 7.77. The molecule has 156 valence electrons. The van der Waals surface area contributed by atoms with Gasteiger partial charge in [-0.25, -0.2) is 4.98 Å². The molecule has 0 amide bonds. The van der Waals surface area contributed by atoms with Gasteiger partial charge < -0.3 is 9.14 Å². The Morgan fingerprint density at radius 2 is 1.66 bits per heavy atom. The van der Waals surface area contributed by atoms with E-state index < -0.39 is 0 Å². The molecule has 29 heavy (non-hydrogen) atoms. The van der Waals surface area contributed by atoms with Crippen LogP contribution in [0.1, 0.15) is 58.6 Å². The van der Waals surface area contributed by atoms with E-state index in [1.807, 2.05) is 12.1 Å². The van der Waals surface area contributed by atoms with Gasteiger partial charge in [0.05, 0.1) is 5.69 Å². The number of fused-ring (bicyclic) bond motifs is 1. The molecule has 0 aliphatic heterocycles. The lowest BCUT2D eigenvalue weighted by Gasteiger charge is -2.31. The predicted molar refractivity (Wildman–Crippen MR) is 121 cm³/mol. The van der Waals surface area contributed by atoms with E-state index in [9.17, 15) is 0 Å². The SMILES string of the molecule is CCCCN(CCCC)C(CC)Oc1ccc(-c2cn3c(C)cccc3n2)cc1. The third kappa shape index (κ3) is 5.39. The first-order valence-electron chi connectivity index (χ1n) is 11.1. The van der Waals surface area contributed by atoms with Crippen molar-refractivity contribution < 1.29 is 4.74 Å². The van der Waals surface area contributed by atoms with Gasteiger partial charge in [0.2, 0.25) is 0 Å². The van der Waals surface area contributed by atoms with Crippen LogP contribution in [0.5, 0.6) is 5.75 Å². The van der Waals surface area contributed by atoms with E-state index in [1.54, 1.807) is 0 Å². The maximum Gasteiger partial charge on any atom is 0.152 e. The molecule has 1 aromatic carbocycles. The maximum absolute atomic E-state index is 6.39. The molecule has 2 aromatic heterocycles. The molecule has 3 aromatic rings. The van der Waals surface area contributed by atoms with E-state index in [0.29, 0.717) is 0 Å². The fourth-order valence-electron chi connectivity index (χ4n) is 3.69. The Balaban J connectivity index is 1.72. The molecule has 0 saturated carbocycles. The average Bonchev–Trinajstić information content (AvgIpc) is 3.19. The molecule has 0 aliphatic carbocycles. The Hall–Kier alpha value is -2.33. The Morgan fingerprint density at radius 1 is 0.966 bits per heavy atom. The Morgan fingerprint density at radius 3 is 2.24 bits per heavy atom. The first kappa shape index (κ1) is 21.4. The van der Waals surface area contributed by atoms with E-state index >= 15 is 0 Å². The highest BCUT2D eigenvalue weighted by atomic mass is 16.5. The van der Waals surface area contributed by atoms with Crippen LogP contribution in [0, 0.1) is 6.92 Å². The highest BCUT2D eigenvalue weighted by Gasteiger charge is 2.17. The number of benzene rings is 1. The van der Waals surface area contributed by atoms with Crippen molar-refractivity contribution in [3.8, 4) is 17.0 Å². The minimum Gasteiger partial charge on any atom is -0.475 e. The van der Waals surface area contributed by atoms with Crippen molar-refractivity contribution in [1.82, 2.24) is 14.3 Å². The van der Waals surface area contributed by atoms with Gasteiger partial charge in [-0.05, 0) is 62.6 Å². The summed E-state index contributed by atoms with van der Waals surface area (Å²) < 4.78 is 8.52. The summed E-state index contributed by atoms with van der Waals surface area (Å²) in [6, 6.07) is 14.6. The first-order valence-corrected chi connectivity index (χ1v) is 11.1. The smallest absolute Gasteiger partial charge is 0.152 e. The van der Waals surface area contributed by atoms with Gasteiger partial charge in [-0.1, -0.05) is 39.7 Å². The van der Waals surface area contributed by atoms with Gasteiger partial charge in [-0.2, -0.15) is 0 Å². The summed E-state index contributed by atoms with van der Waals surface area (Å²) in [5.74, 6) is 0.929. The average molecular weight is 394 g/mol. The van der Waals surface area contributed by atoms with Crippen LogP contribution in [0.15, 0.2) is 48.7 Å². The highest BCUT2D eigenvalue weighted by Crippen LogP contribution is 2.24. The van der Waals surface area contributed by atoms with Crippen molar-refractivity contribution in [3.05, 3.63) is 54.4 Å². The summed E-state index contributed by atoms with van der Waals surface area (Å²) in [5.41, 5.74) is 4.27. The molecule has 2 heterocycles. The van der Waals surface area contributed by atoms with Gasteiger partial charge >= 0.3 is 0 Å². The normalized spacial score (nSPS) is 12.6. The standard InChI is InChI=1S/C25H35N3O/c1-5-8-17-27(18-9-6-2)25(7-3)29-22-15-13-21(14-16-22)23-19-28-20(4)11-10-12-24(28)26-23/h10-16,19,25H,5-9,17-18H2,1-4H3. The van der Waals surface area contributed by atoms with Crippen LogP contribution >= 0.6 is 0 Å². The van der Waals surface area contributed by atoms with Crippen LogP contribution in [-0.4, -0.2) is 33.6 Å². The largest absolute Gasteiger partial charge is 0.475 e. The molecule has 4 heteroatoms. The van der Waals surface area contributed by atoms with E-state index in [4.69, 9.17) is 9.72 Å². The molecular weight excluding hydrogens is 358 g/mol. The fraction of sp³-hybridized carbons (Fsp3) is 0.480. The zero-order valence-corrected chi connectivity index (χ0v) is 18.4. The van der Waals surface area contributed by atoms with Crippen LogP contribution in [-0.2, 0) is 0 Å². The van der Waals surface area contributed by atoms with Crippen molar-refractivity contribution in [2.24, 2.45) is 0 Å². The van der Waals surface area contributed by atoms with Crippen molar-refractivity contribution in [3.63, 3.8) is 0 Å². The second-order valence-electron chi connectivity index (χ2n) is 7.77. The quantitative estimate of drug-likeness (QED) is 0.357. The lowest BCUT2D eigenvalue weighted by Crippen LogP contribution is -2.40. The van der Waals surface area contributed by atoms with E-state index in [0.717, 1.165) is 42.2 Å². The summed E-state index contributed by atoms with van der Waals surface area (Å²) >= 11 is 0. The fourth-order valence-corrected chi connectivity index (χ4v) is 3.69. The zero-order chi connectivity index (χ0) is 20.6. The van der Waals surface area contributed by atoms with Crippen molar-refractivity contribution in [2.75, 3.05) is 13.1 Å². The van der Waals surface area contributed by atoms with Crippen LogP contribution in [0.25, 0.3) is 16.9 Å². The number of rotatable bonds is 11. The zero-order valence-electron chi connectivity index (χ0n) is 18.4. The lowest BCUT2D eigenvalue weighted by molar-refractivity contribution is 0.0202. The summed E-state index contributed by atoms with van der Waals surface area (Å²) in [7, 11) is 0. The third-order valence-electron chi connectivity index (χ3n) is 5.47. The molecule has 0 bridgehead atoms. The third-order valence-corrected chi connectivity index (χ3v) is 5.47. The molecule has 0 N–H and O–H groups in total. The van der Waals surface area contributed by atoms with Crippen molar-refractivity contribution in [1.29, 1.82) is 0 Å². The number of unbranched alkanes of at least 4 members (excludes halogenated alkanes) is 2. The van der Waals surface area contributed by atoms with Crippen molar-refractivity contribution in [2.45, 2.75) is 66.0 Å². The number of ether oxygens (including phenoxy) is 1. The first-order chi connectivity index (χ1) is 14.2. The topological polar surface area (TPSA) is 29.8 Å². The highest BCUT2D eigenvalue weighted by molar-refractivity contribution is 5.63. The Kier molecular flexibility index (Phi) is 7.70. The van der Waals surface area contributed by atoms with E-state index in [1.165, 1.54) is 31.4 Å². The lowest BCUT2D eigenvalue weighted by atomic mass is 10.1. The minimum absolute atomic E-state index is 0.136. The van der Waals surface area contributed by atoms with Gasteiger partial charge in [-0.15, -0.1) is 0 Å². The number of aryl methyl sites for hydroxylation is 1. The number of imidazole rings is 1. The molecule has 0 spiro atoms. The Bertz CT molecular complexity index is 877. The molecule has 1 atom stereocenters. The maximum atomic E-state index is 6.39. The number of nitrogens with zero attached hydrogens (tertiary/aromatic N) is 3. The molecule has 0 saturated heterocycles. The summed E-state index contributed by atoms with van der Waals surface area (Å²) in [6.07, 6.45) is 8.09. The van der Waals surface area contributed by atoms with E-state index in [2.05, 4.69) is 73.5 Å². The van der Waals surface area contributed by atoms with Gasteiger partial charge in [-0.3, -0.25) is 4.90 Å². The molecule has 0 radical (unpaired) electrons. The monoisotopic (exact) mass is 393 g/mol. The molecule has 3 rings (SSSR count). The molecule has 0 aliphatic rings. The number of aromatic nitrogens is 2. The van der Waals surface area contributed by atoms with Gasteiger partial charge in [0.15, 0.2) is 6.23 Å². The van der Waals surface area contributed by atoms with Gasteiger partial charge in [0.25, 0.3) is 0 Å².